The Hall–Kier alpha value is 0.760. The summed E-state index contributed by atoms with van der Waals surface area (Å²) >= 11 is 17.6. The molecule has 1 saturated carbocycles. The first-order valence-electron chi connectivity index (χ1n) is 5.27. The fraction of sp³-hybridized carbons (Fsp3) is 0.636. The van der Waals surface area contributed by atoms with E-state index in [1.54, 1.807) is 11.3 Å². The average Bonchev–Trinajstić information content (AvgIpc) is 2.59. The summed E-state index contributed by atoms with van der Waals surface area (Å²) in [6, 6.07) is 2.07. The van der Waals surface area contributed by atoms with E-state index in [0.717, 1.165) is 8.81 Å². The third kappa shape index (κ3) is 2.91. The zero-order valence-corrected chi connectivity index (χ0v) is 12.2. The van der Waals surface area contributed by atoms with Crippen molar-refractivity contribution in [1.82, 2.24) is 0 Å². The second-order valence-corrected chi connectivity index (χ2v) is 7.08. The van der Waals surface area contributed by atoms with Gasteiger partial charge in [-0.15, -0.1) is 22.9 Å². The van der Waals surface area contributed by atoms with Crippen LogP contribution in [0.25, 0.3) is 0 Å². The van der Waals surface area contributed by atoms with Crippen LogP contribution in [0.1, 0.15) is 42.4 Å². The maximum atomic E-state index is 6.50. The van der Waals surface area contributed by atoms with E-state index in [2.05, 4.69) is 22.0 Å². The average molecular weight is 328 g/mol. The molecule has 0 aliphatic heterocycles. The smallest absolute Gasteiger partial charge is 0.107 e. The molecule has 0 bridgehead atoms. The van der Waals surface area contributed by atoms with Gasteiger partial charge in [-0.2, -0.15) is 0 Å². The molecule has 0 radical (unpaired) electrons. The lowest BCUT2D eigenvalue weighted by Gasteiger charge is -2.25. The monoisotopic (exact) mass is 326 g/mol. The molecule has 0 aromatic carbocycles. The van der Waals surface area contributed by atoms with Crippen LogP contribution in [0.4, 0.5) is 0 Å². The van der Waals surface area contributed by atoms with Crippen molar-refractivity contribution < 1.29 is 0 Å². The maximum absolute atomic E-state index is 6.50. The Morgan fingerprint density at radius 1 is 1.33 bits per heavy atom. The quantitative estimate of drug-likeness (QED) is 0.582. The standard InChI is InChI=1S/C11H13BrCl2S/c12-8-6-9(15-11(8)14)10(13)7-4-2-1-3-5-7/h6-7,10H,1-5H2. The molecule has 15 heavy (non-hydrogen) atoms. The number of halogens is 3. The Labute approximate surface area is 113 Å². The van der Waals surface area contributed by atoms with Gasteiger partial charge in [-0.3, -0.25) is 0 Å². The van der Waals surface area contributed by atoms with Gasteiger partial charge in [0.05, 0.1) is 5.38 Å². The molecule has 1 atom stereocenters. The molecule has 0 saturated heterocycles. The van der Waals surface area contributed by atoms with Gasteiger partial charge in [0.15, 0.2) is 0 Å². The van der Waals surface area contributed by atoms with E-state index in [1.165, 1.54) is 37.0 Å². The molecule has 1 aromatic rings. The van der Waals surface area contributed by atoms with Crippen molar-refractivity contribution in [2.45, 2.75) is 37.5 Å². The van der Waals surface area contributed by atoms with Crippen LogP contribution in [0, 0.1) is 5.92 Å². The Morgan fingerprint density at radius 2 is 2.00 bits per heavy atom. The van der Waals surface area contributed by atoms with Crippen molar-refractivity contribution in [2.75, 3.05) is 0 Å². The molecular formula is C11H13BrCl2S. The van der Waals surface area contributed by atoms with E-state index >= 15 is 0 Å². The summed E-state index contributed by atoms with van der Waals surface area (Å²) in [6.07, 6.45) is 6.56. The van der Waals surface area contributed by atoms with E-state index in [1.807, 2.05) is 0 Å². The number of thiophene rings is 1. The molecule has 84 valence electrons. The first-order chi connectivity index (χ1) is 7.18. The molecule has 0 N–H and O–H groups in total. The van der Waals surface area contributed by atoms with E-state index in [0.29, 0.717) is 5.92 Å². The molecule has 0 spiro atoms. The second-order valence-electron chi connectivity index (χ2n) is 4.07. The van der Waals surface area contributed by atoms with Crippen molar-refractivity contribution >= 4 is 50.5 Å². The highest BCUT2D eigenvalue weighted by Gasteiger charge is 2.25. The minimum absolute atomic E-state index is 0.152. The van der Waals surface area contributed by atoms with E-state index in [4.69, 9.17) is 23.2 Å². The Balaban J connectivity index is 2.08. The van der Waals surface area contributed by atoms with Crippen LogP contribution in [-0.2, 0) is 0 Å². The predicted molar refractivity (Wildman–Crippen MR) is 72.2 cm³/mol. The summed E-state index contributed by atoms with van der Waals surface area (Å²) in [5.74, 6) is 0.641. The molecule has 1 unspecified atom stereocenters. The summed E-state index contributed by atoms with van der Waals surface area (Å²) in [5, 5.41) is 0.152. The highest BCUT2D eigenvalue weighted by atomic mass is 79.9. The van der Waals surface area contributed by atoms with Crippen LogP contribution in [0.2, 0.25) is 4.34 Å². The van der Waals surface area contributed by atoms with Crippen molar-refractivity contribution in [2.24, 2.45) is 5.92 Å². The number of alkyl halides is 1. The first-order valence-corrected chi connectivity index (χ1v) is 7.69. The van der Waals surface area contributed by atoms with E-state index in [-0.39, 0.29) is 5.38 Å². The summed E-state index contributed by atoms with van der Waals surface area (Å²) in [7, 11) is 0. The molecule has 1 fully saturated rings. The van der Waals surface area contributed by atoms with Gasteiger partial charge in [0.25, 0.3) is 0 Å². The molecule has 4 heteroatoms. The molecule has 0 amide bonds. The highest BCUT2D eigenvalue weighted by molar-refractivity contribution is 9.10. The molecule has 2 rings (SSSR count). The summed E-state index contributed by atoms with van der Waals surface area (Å²) < 4.78 is 1.79. The molecule has 0 nitrogen and oxygen atoms in total. The molecular weight excluding hydrogens is 315 g/mol. The maximum Gasteiger partial charge on any atom is 0.107 e. The lowest BCUT2D eigenvalue weighted by Crippen LogP contribution is -2.11. The van der Waals surface area contributed by atoms with Crippen molar-refractivity contribution in [1.29, 1.82) is 0 Å². The van der Waals surface area contributed by atoms with Gasteiger partial charge in [0, 0.05) is 9.35 Å². The fourth-order valence-corrected chi connectivity index (χ4v) is 4.41. The molecule has 1 aromatic heterocycles. The summed E-state index contributed by atoms with van der Waals surface area (Å²) in [4.78, 5) is 1.21. The number of hydrogen-bond acceptors (Lipinski definition) is 1. The fourth-order valence-electron chi connectivity index (χ4n) is 2.16. The lowest BCUT2D eigenvalue weighted by molar-refractivity contribution is 0.350. The lowest BCUT2D eigenvalue weighted by atomic mass is 9.86. The van der Waals surface area contributed by atoms with Gasteiger partial charge < -0.3 is 0 Å². The van der Waals surface area contributed by atoms with Crippen LogP contribution >= 0.6 is 50.5 Å². The third-order valence-electron chi connectivity index (χ3n) is 3.00. The minimum atomic E-state index is 0.152. The molecule has 1 aliphatic carbocycles. The SMILES string of the molecule is Clc1sc(C(Cl)C2CCCCC2)cc1Br. The largest absolute Gasteiger partial charge is 0.126 e. The summed E-state index contributed by atoms with van der Waals surface area (Å²) in [6.45, 7) is 0. The van der Waals surface area contributed by atoms with Crippen LogP contribution in [-0.4, -0.2) is 0 Å². The van der Waals surface area contributed by atoms with Crippen LogP contribution in [0.15, 0.2) is 10.5 Å². The normalized spacial score (nSPS) is 20.5. The van der Waals surface area contributed by atoms with E-state index < -0.39 is 0 Å². The van der Waals surface area contributed by atoms with Gasteiger partial charge >= 0.3 is 0 Å². The second kappa shape index (κ2) is 5.39. The van der Waals surface area contributed by atoms with Crippen LogP contribution in [0.3, 0.4) is 0 Å². The van der Waals surface area contributed by atoms with Crippen LogP contribution < -0.4 is 0 Å². The minimum Gasteiger partial charge on any atom is -0.126 e. The van der Waals surface area contributed by atoms with Gasteiger partial charge in [0.2, 0.25) is 0 Å². The van der Waals surface area contributed by atoms with Crippen molar-refractivity contribution in [3.8, 4) is 0 Å². The first kappa shape index (κ1) is 12.2. The molecule has 1 aliphatic rings. The van der Waals surface area contributed by atoms with Gasteiger partial charge in [0.1, 0.15) is 4.34 Å². The van der Waals surface area contributed by atoms with Crippen molar-refractivity contribution in [3.05, 3.63) is 19.8 Å². The number of rotatable bonds is 2. The summed E-state index contributed by atoms with van der Waals surface area (Å²) in [5.41, 5.74) is 0. The van der Waals surface area contributed by atoms with E-state index in [9.17, 15) is 0 Å². The van der Waals surface area contributed by atoms with Gasteiger partial charge in [-0.05, 0) is 40.8 Å². The van der Waals surface area contributed by atoms with Crippen LogP contribution in [0.5, 0.6) is 0 Å². The number of hydrogen-bond donors (Lipinski definition) is 0. The molecule has 1 heterocycles. The Morgan fingerprint density at radius 3 is 2.53 bits per heavy atom. The Kier molecular flexibility index (Phi) is 4.40. The van der Waals surface area contributed by atoms with Gasteiger partial charge in [-0.25, -0.2) is 0 Å². The highest BCUT2D eigenvalue weighted by Crippen LogP contribution is 2.44. The van der Waals surface area contributed by atoms with Gasteiger partial charge in [-0.1, -0.05) is 30.9 Å². The zero-order chi connectivity index (χ0) is 10.8. The zero-order valence-electron chi connectivity index (χ0n) is 8.31. The topological polar surface area (TPSA) is 0 Å². The Bertz CT molecular complexity index is 312. The predicted octanol–water partition coefficient (Wildman–Crippen LogP) is 6.02. The third-order valence-corrected chi connectivity index (χ3v) is 6.28. The van der Waals surface area contributed by atoms with Crippen molar-refractivity contribution in [3.63, 3.8) is 0 Å².